The molecule has 4 rings (SSSR count). The fraction of sp³-hybridized carbons (Fsp3) is 0.250. The molecular formula is C20H20N6O3S. The van der Waals surface area contributed by atoms with Crippen molar-refractivity contribution in [2.45, 2.75) is 5.16 Å². The molecule has 0 N–H and O–H groups in total. The number of thioether (sulfide) groups is 1. The molecule has 9 nitrogen and oxygen atoms in total. The number of benzene rings is 2. The number of hydrogen-bond acceptors (Lipinski definition) is 7. The molecule has 1 aliphatic rings. The van der Waals surface area contributed by atoms with Crippen LogP contribution in [-0.2, 0) is 4.79 Å². The van der Waals surface area contributed by atoms with Crippen LogP contribution in [0.1, 0.15) is 0 Å². The average Bonchev–Trinajstić information content (AvgIpc) is 3.27. The molecule has 2 heterocycles. The minimum Gasteiger partial charge on any atom is -0.362 e. The van der Waals surface area contributed by atoms with Gasteiger partial charge < -0.3 is 9.80 Å². The minimum absolute atomic E-state index is 0.0184. The molecule has 0 unspecified atom stereocenters. The third-order valence-corrected chi connectivity index (χ3v) is 5.85. The number of nitro benzene ring substituents is 1. The lowest BCUT2D eigenvalue weighted by Gasteiger charge is -2.35. The Labute approximate surface area is 177 Å². The second kappa shape index (κ2) is 8.95. The third kappa shape index (κ3) is 4.28. The van der Waals surface area contributed by atoms with Crippen LogP contribution in [-0.4, -0.2) is 62.4 Å². The highest BCUT2D eigenvalue weighted by atomic mass is 32.2. The lowest BCUT2D eigenvalue weighted by atomic mass is 10.2. The van der Waals surface area contributed by atoms with E-state index in [1.54, 1.807) is 29.4 Å². The van der Waals surface area contributed by atoms with Crippen molar-refractivity contribution in [1.82, 2.24) is 19.7 Å². The number of piperazine rings is 1. The predicted molar refractivity (Wildman–Crippen MR) is 114 cm³/mol. The molecule has 0 saturated carbocycles. The molecule has 0 aliphatic carbocycles. The van der Waals surface area contributed by atoms with Crippen LogP contribution in [0, 0.1) is 10.1 Å². The van der Waals surface area contributed by atoms with Crippen molar-refractivity contribution in [1.29, 1.82) is 0 Å². The molecule has 1 amide bonds. The fourth-order valence-corrected chi connectivity index (χ4v) is 4.22. The van der Waals surface area contributed by atoms with Gasteiger partial charge in [-0.1, -0.05) is 42.1 Å². The Morgan fingerprint density at radius 3 is 2.47 bits per heavy atom. The molecule has 1 aromatic heterocycles. The van der Waals surface area contributed by atoms with Crippen molar-refractivity contribution in [2.75, 3.05) is 36.8 Å². The van der Waals surface area contributed by atoms with E-state index in [1.807, 2.05) is 39.8 Å². The Morgan fingerprint density at radius 2 is 1.73 bits per heavy atom. The van der Waals surface area contributed by atoms with Crippen molar-refractivity contribution in [2.24, 2.45) is 0 Å². The molecule has 1 aliphatic heterocycles. The second-order valence-corrected chi connectivity index (χ2v) is 7.66. The molecule has 2 aromatic carbocycles. The molecule has 0 spiro atoms. The Hall–Kier alpha value is -3.40. The first-order valence-electron chi connectivity index (χ1n) is 9.48. The molecule has 10 heteroatoms. The molecule has 0 bridgehead atoms. The van der Waals surface area contributed by atoms with E-state index >= 15 is 0 Å². The van der Waals surface area contributed by atoms with Gasteiger partial charge in [-0.15, -0.1) is 10.2 Å². The molecular weight excluding hydrogens is 404 g/mol. The van der Waals surface area contributed by atoms with E-state index in [0.29, 0.717) is 37.0 Å². The molecule has 1 fully saturated rings. The first kappa shape index (κ1) is 19.9. The number of aromatic nitrogens is 3. The summed E-state index contributed by atoms with van der Waals surface area (Å²) in [6, 6.07) is 16.4. The average molecular weight is 424 g/mol. The van der Waals surface area contributed by atoms with Gasteiger partial charge >= 0.3 is 0 Å². The first-order chi connectivity index (χ1) is 14.6. The van der Waals surface area contributed by atoms with Gasteiger partial charge in [0.15, 0.2) is 5.16 Å². The quantitative estimate of drug-likeness (QED) is 0.341. The van der Waals surface area contributed by atoms with Crippen LogP contribution in [0.3, 0.4) is 0 Å². The van der Waals surface area contributed by atoms with Gasteiger partial charge in [-0.2, -0.15) is 0 Å². The highest BCUT2D eigenvalue weighted by molar-refractivity contribution is 7.99. The molecule has 0 atom stereocenters. The number of anilines is 1. The SMILES string of the molecule is O=C(CSc1nncn1-c1ccccc1)N1CCN(c2ccccc2[N+](=O)[O-])CC1. The van der Waals surface area contributed by atoms with E-state index in [1.165, 1.54) is 17.8 Å². The van der Waals surface area contributed by atoms with Gasteiger partial charge in [0.25, 0.3) is 5.69 Å². The second-order valence-electron chi connectivity index (χ2n) is 6.72. The van der Waals surface area contributed by atoms with Crippen LogP contribution in [0.5, 0.6) is 0 Å². The summed E-state index contributed by atoms with van der Waals surface area (Å²) in [5.41, 5.74) is 1.63. The van der Waals surface area contributed by atoms with Crippen molar-refractivity contribution in [3.8, 4) is 5.69 Å². The Kier molecular flexibility index (Phi) is 5.94. The highest BCUT2D eigenvalue weighted by Crippen LogP contribution is 2.28. The van der Waals surface area contributed by atoms with E-state index in [2.05, 4.69) is 10.2 Å². The fourth-order valence-electron chi connectivity index (χ4n) is 3.39. The van der Waals surface area contributed by atoms with E-state index in [0.717, 1.165) is 5.69 Å². The number of para-hydroxylation sites is 3. The molecule has 3 aromatic rings. The Morgan fingerprint density at radius 1 is 1.03 bits per heavy atom. The number of carbonyl (C=O) groups is 1. The summed E-state index contributed by atoms with van der Waals surface area (Å²) < 4.78 is 1.85. The zero-order valence-electron chi connectivity index (χ0n) is 16.1. The van der Waals surface area contributed by atoms with Crippen molar-refractivity contribution >= 4 is 29.0 Å². The number of nitro groups is 1. The topological polar surface area (TPSA) is 97.4 Å². The van der Waals surface area contributed by atoms with Gasteiger partial charge in [-0.25, -0.2) is 0 Å². The minimum atomic E-state index is -0.369. The number of rotatable bonds is 6. The number of hydrogen-bond donors (Lipinski definition) is 0. The maximum absolute atomic E-state index is 12.7. The van der Waals surface area contributed by atoms with Crippen LogP contribution in [0.25, 0.3) is 5.69 Å². The molecule has 30 heavy (non-hydrogen) atoms. The molecule has 154 valence electrons. The van der Waals surface area contributed by atoms with Crippen molar-refractivity contribution in [3.05, 3.63) is 71.0 Å². The van der Waals surface area contributed by atoms with Crippen LogP contribution in [0.4, 0.5) is 11.4 Å². The summed E-state index contributed by atoms with van der Waals surface area (Å²) in [6.45, 7) is 2.16. The van der Waals surface area contributed by atoms with Gasteiger partial charge in [-0.05, 0) is 18.2 Å². The smallest absolute Gasteiger partial charge is 0.292 e. The standard InChI is InChI=1S/C20H20N6O3S/c27-19(14-30-20-22-21-15-25(20)16-6-2-1-3-7-16)24-12-10-23(11-13-24)17-8-4-5-9-18(17)26(28)29/h1-9,15H,10-14H2. The zero-order valence-corrected chi connectivity index (χ0v) is 16.9. The van der Waals surface area contributed by atoms with Gasteiger partial charge in [0.2, 0.25) is 5.91 Å². The lowest BCUT2D eigenvalue weighted by Crippen LogP contribution is -2.49. The number of nitrogens with zero attached hydrogens (tertiary/aromatic N) is 6. The predicted octanol–water partition coefficient (Wildman–Crippen LogP) is 2.62. The lowest BCUT2D eigenvalue weighted by molar-refractivity contribution is -0.384. The summed E-state index contributed by atoms with van der Waals surface area (Å²) in [7, 11) is 0. The van der Waals surface area contributed by atoms with E-state index < -0.39 is 0 Å². The Balaban J connectivity index is 1.34. The van der Waals surface area contributed by atoms with Crippen LogP contribution < -0.4 is 4.90 Å². The highest BCUT2D eigenvalue weighted by Gasteiger charge is 2.25. The van der Waals surface area contributed by atoms with Crippen LogP contribution in [0.15, 0.2) is 66.1 Å². The maximum Gasteiger partial charge on any atom is 0.292 e. The monoisotopic (exact) mass is 424 g/mol. The summed E-state index contributed by atoms with van der Waals surface area (Å²) in [5.74, 6) is 0.279. The van der Waals surface area contributed by atoms with E-state index in [-0.39, 0.29) is 22.3 Å². The molecule has 0 radical (unpaired) electrons. The van der Waals surface area contributed by atoms with Gasteiger partial charge in [0.1, 0.15) is 12.0 Å². The van der Waals surface area contributed by atoms with E-state index in [4.69, 9.17) is 0 Å². The van der Waals surface area contributed by atoms with Crippen molar-refractivity contribution in [3.63, 3.8) is 0 Å². The third-order valence-electron chi connectivity index (χ3n) is 4.93. The van der Waals surface area contributed by atoms with Crippen LogP contribution in [0.2, 0.25) is 0 Å². The van der Waals surface area contributed by atoms with Crippen molar-refractivity contribution < 1.29 is 9.72 Å². The van der Waals surface area contributed by atoms with Crippen LogP contribution >= 0.6 is 11.8 Å². The maximum atomic E-state index is 12.7. The number of amides is 1. The van der Waals surface area contributed by atoms with Gasteiger partial charge in [0.05, 0.1) is 10.7 Å². The summed E-state index contributed by atoms with van der Waals surface area (Å²) in [5, 5.41) is 20.0. The van der Waals surface area contributed by atoms with Gasteiger partial charge in [-0.3, -0.25) is 19.5 Å². The zero-order chi connectivity index (χ0) is 20.9. The summed E-state index contributed by atoms with van der Waals surface area (Å²) in [6.07, 6.45) is 1.63. The largest absolute Gasteiger partial charge is 0.362 e. The first-order valence-corrected chi connectivity index (χ1v) is 10.5. The molecule has 1 saturated heterocycles. The van der Waals surface area contributed by atoms with Gasteiger partial charge in [0, 0.05) is 37.9 Å². The number of carbonyl (C=O) groups excluding carboxylic acids is 1. The van der Waals surface area contributed by atoms with E-state index in [9.17, 15) is 14.9 Å². The normalized spacial score (nSPS) is 14.0. The summed E-state index contributed by atoms with van der Waals surface area (Å²) >= 11 is 1.35. The Bertz CT molecular complexity index is 1030. The summed E-state index contributed by atoms with van der Waals surface area (Å²) in [4.78, 5) is 27.3.